The number of para-hydroxylation sites is 1. The second-order valence-electron chi connectivity index (χ2n) is 6.20. The normalized spacial score (nSPS) is 10.3. The average Bonchev–Trinajstić information content (AvgIpc) is 2.67. The van der Waals surface area contributed by atoms with E-state index in [1.54, 1.807) is 0 Å². The minimum Gasteiger partial charge on any atom is -0.494 e. The Morgan fingerprint density at radius 2 is 1.08 bits per heavy atom. The molecule has 0 saturated carbocycles. The van der Waals surface area contributed by atoms with Crippen molar-refractivity contribution in [3.8, 4) is 5.75 Å². The summed E-state index contributed by atoms with van der Waals surface area (Å²) in [5.74, 6) is 0.945. The van der Waals surface area contributed by atoms with Crippen LogP contribution in [0.15, 0.2) is 91.0 Å². The Kier molecular flexibility index (Phi) is 8.74. The number of hydrogen-bond acceptors (Lipinski definition) is 2. The highest BCUT2D eigenvalue weighted by molar-refractivity contribution is 5.85. The molecule has 0 aliphatic heterocycles. The first-order valence-electron chi connectivity index (χ1n) is 8.88. The molecule has 0 amide bonds. The summed E-state index contributed by atoms with van der Waals surface area (Å²) >= 11 is 0. The van der Waals surface area contributed by atoms with Gasteiger partial charge in [-0.25, -0.2) is 0 Å². The molecule has 0 spiro atoms. The topological polar surface area (TPSA) is 12.5 Å². The van der Waals surface area contributed by atoms with Gasteiger partial charge in [0.1, 0.15) is 5.75 Å². The first kappa shape index (κ1) is 20.0. The van der Waals surface area contributed by atoms with E-state index in [9.17, 15) is 0 Å². The molecule has 0 bridgehead atoms. The van der Waals surface area contributed by atoms with Crippen LogP contribution in [0, 0.1) is 0 Å². The van der Waals surface area contributed by atoms with Crippen molar-refractivity contribution in [1.29, 1.82) is 0 Å². The van der Waals surface area contributed by atoms with E-state index >= 15 is 0 Å². The molecule has 0 aliphatic rings. The Morgan fingerprint density at radius 3 is 1.58 bits per heavy atom. The third kappa shape index (κ3) is 6.91. The molecular weight excluding hydrogens is 342 g/mol. The summed E-state index contributed by atoms with van der Waals surface area (Å²) in [4.78, 5) is 2.49. The molecule has 0 aromatic heterocycles. The van der Waals surface area contributed by atoms with Crippen LogP contribution in [-0.2, 0) is 13.1 Å². The van der Waals surface area contributed by atoms with Gasteiger partial charge >= 0.3 is 0 Å². The van der Waals surface area contributed by atoms with Crippen molar-refractivity contribution < 1.29 is 4.74 Å². The molecule has 0 atom stereocenters. The van der Waals surface area contributed by atoms with Crippen molar-refractivity contribution in [1.82, 2.24) is 4.90 Å². The van der Waals surface area contributed by atoms with E-state index in [4.69, 9.17) is 4.74 Å². The third-order valence-corrected chi connectivity index (χ3v) is 4.13. The molecule has 0 radical (unpaired) electrons. The van der Waals surface area contributed by atoms with Gasteiger partial charge in [-0.15, -0.1) is 12.4 Å². The van der Waals surface area contributed by atoms with Gasteiger partial charge in [0.25, 0.3) is 0 Å². The van der Waals surface area contributed by atoms with Crippen LogP contribution in [0.1, 0.15) is 17.5 Å². The lowest BCUT2D eigenvalue weighted by Crippen LogP contribution is -2.25. The van der Waals surface area contributed by atoms with Crippen LogP contribution in [0.4, 0.5) is 0 Å². The van der Waals surface area contributed by atoms with Gasteiger partial charge in [0.2, 0.25) is 0 Å². The third-order valence-electron chi connectivity index (χ3n) is 4.13. The highest BCUT2D eigenvalue weighted by Crippen LogP contribution is 2.12. The molecule has 3 rings (SSSR count). The summed E-state index contributed by atoms with van der Waals surface area (Å²) in [7, 11) is 0. The molecule has 0 saturated heterocycles. The molecule has 0 aliphatic carbocycles. The number of ether oxygens (including phenoxy) is 1. The van der Waals surface area contributed by atoms with Gasteiger partial charge in [-0.2, -0.15) is 0 Å². The van der Waals surface area contributed by atoms with E-state index in [1.165, 1.54) is 11.1 Å². The van der Waals surface area contributed by atoms with Gasteiger partial charge in [0, 0.05) is 19.6 Å². The number of benzene rings is 3. The van der Waals surface area contributed by atoms with Crippen LogP contribution >= 0.6 is 12.4 Å². The molecule has 2 nitrogen and oxygen atoms in total. The van der Waals surface area contributed by atoms with E-state index in [0.717, 1.165) is 38.4 Å². The SMILES string of the molecule is Cl.c1ccc(CN(CCCOc2ccccc2)Cc2ccccc2)cc1. The number of hydrogen-bond donors (Lipinski definition) is 0. The highest BCUT2D eigenvalue weighted by Gasteiger charge is 2.07. The Balaban J connectivity index is 0.00000243. The summed E-state index contributed by atoms with van der Waals surface area (Å²) in [6.07, 6.45) is 1.01. The molecule has 3 heteroatoms. The van der Waals surface area contributed by atoms with Crippen LogP contribution in [-0.4, -0.2) is 18.1 Å². The van der Waals surface area contributed by atoms with Gasteiger partial charge in [0.05, 0.1) is 6.61 Å². The number of rotatable bonds is 9. The van der Waals surface area contributed by atoms with Crippen LogP contribution in [0.25, 0.3) is 0 Å². The molecular formula is C23H26ClNO. The van der Waals surface area contributed by atoms with E-state index in [-0.39, 0.29) is 12.4 Å². The summed E-state index contributed by atoms with van der Waals surface area (Å²) < 4.78 is 5.83. The zero-order valence-corrected chi connectivity index (χ0v) is 15.8. The fraction of sp³-hybridized carbons (Fsp3) is 0.217. The van der Waals surface area contributed by atoms with Gasteiger partial charge < -0.3 is 4.74 Å². The minimum atomic E-state index is 0. The van der Waals surface area contributed by atoms with Crippen LogP contribution in [0.2, 0.25) is 0 Å². The Bertz CT molecular complexity index is 677. The predicted octanol–water partition coefficient (Wildman–Crippen LogP) is 5.58. The lowest BCUT2D eigenvalue weighted by molar-refractivity contribution is 0.221. The number of nitrogens with zero attached hydrogens (tertiary/aromatic N) is 1. The van der Waals surface area contributed by atoms with Crippen molar-refractivity contribution in [3.63, 3.8) is 0 Å². The molecule has 0 heterocycles. The standard InChI is InChI=1S/C23H25NO.ClH/c1-4-11-21(12-5-1)19-24(20-22-13-6-2-7-14-22)17-10-18-25-23-15-8-3-9-16-23;/h1-9,11-16H,10,17-20H2;1H. The second-order valence-corrected chi connectivity index (χ2v) is 6.20. The molecule has 0 fully saturated rings. The van der Waals surface area contributed by atoms with Crippen LogP contribution < -0.4 is 4.74 Å². The largest absolute Gasteiger partial charge is 0.494 e. The van der Waals surface area contributed by atoms with E-state index in [1.807, 2.05) is 30.3 Å². The smallest absolute Gasteiger partial charge is 0.119 e. The van der Waals surface area contributed by atoms with E-state index in [0.29, 0.717) is 0 Å². The van der Waals surface area contributed by atoms with Crippen molar-refractivity contribution in [2.45, 2.75) is 19.5 Å². The van der Waals surface area contributed by atoms with E-state index in [2.05, 4.69) is 65.6 Å². The maximum atomic E-state index is 5.83. The van der Waals surface area contributed by atoms with Gasteiger partial charge in [-0.3, -0.25) is 4.90 Å². The Hall–Kier alpha value is -2.29. The molecule has 0 unspecified atom stereocenters. The fourth-order valence-electron chi connectivity index (χ4n) is 2.89. The fourth-order valence-corrected chi connectivity index (χ4v) is 2.89. The number of halogens is 1. The molecule has 26 heavy (non-hydrogen) atoms. The lowest BCUT2D eigenvalue weighted by atomic mass is 10.1. The zero-order valence-electron chi connectivity index (χ0n) is 15.0. The van der Waals surface area contributed by atoms with Crippen molar-refractivity contribution in [3.05, 3.63) is 102 Å². The van der Waals surface area contributed by atoms with Crippen LogP contribution in [0.3, 0.4) is 0 Å². The molecule has 3 aromatic carbocycles. The summed E-state index contributed by atoms with van der Waals surface area (Å²) in [5.41, 5.74) is 2.70. The molecule has 0 N–H and O–H groups in total. The van der Waals surface area contributed by atoms with Crippen molar-refractivity contribution in [2.24, 2.45) is 0 Å². The zero-order chi connectivity index (χ0) is 17.2. The summed E-state index contributed by atoms with van der Waals surface area (Å²) in [6.45, 7) is 3.67. The van der Waals surface area contributed by atoms with E-state index < -0.39 is 0 Å². The first-order chi connectivity index (χ1) is 12.4. The van der Waals surface area contributed by atoms with Gasteiger partial charge in [0.15, 0.2) is 0 Å². The second kappa shape index (κ2) is 11.3. The quantitative estimate of drug-likeness (QED) is 0.458. The summed E-state index contributed by atoms with van der Waals surface area (Å²) in [6, 6.07) is 31.4. The molecule has 3 aromatic rings. The average molecular weight is 368 g/mol. The van der Waals surface area contributed by atoms with Gasteiger partial charge in [-0.05, 0) is 29.7 Å². The Labute approximate surface area is 162 Å². The predicted molar refractivity (Wildman–Crippen MR) is 111 cm³/mol. The maximum Gasteiger partial charge on any atom is 0.119 e. The monoisotopic (exact) mass is 367 g/mol. The lowest BCUT2D eigenvalue weighted by Gasteiger charge is -2.22. The van der Waals surface area contributed by atoms with Crippen molar-refractivity contribution in [2.75, 3.05) is 13.2 Å². The first-order valence-corrected chi connectivity index (χ1v) is 8.88. The molecule has 136 valence electrons. The summed E-state index contributed by atoms with van der Waals surface area (Å²) in [5, 5.41) is 0. The highest BCUT2D eigenvalue weighted by atomic mass is 35.5. The maximum absolute atomic E-state index is 5.83. The van der Waals surface area contributed by atoms with Crippen LogP contribution in [0.5, 0.6) is 5.75 Å². The Morgan fingerprint density at radius 1 is 0.615 bits per heavy atom. The minimum absolute atomic E-state index is 0. The van der Waals surface area contributed by atoms with Gasteiger partial charge in [-0.1, -0.05) is 78.9 Å². The van der Waals surface area contributed by atoms with Crippen molar-refractivity contribution >= 4 is 12.4 Å².